The molecule has 0 aliphatic carbocycles. The van der Waals surface area contributed by atoms with Gasteiger partial charge in [0.15, 0.2) is 12.4 Å². The first-order chi connectivity index (χ1) is 18.5. The minimum Gasteiger partial charge on any atom is -0.484 e. The largest absolute Gasteiger partial charge is 0.484 e. The van der Waals surface area contributed by atoms with Crippen molar-refractivity contribution in [3.8, 4) is 5.75 Å². The Morgan fingerprint density at radius 1 is 1.03 bits per heavy atom. The summed E-state index contributed by atoms with van der Waals surface area (Å²) in [6.45, 7) is 9.02. The molecular weight excluding hydrogens is 480 g/mol. The van der Waals surface area contributed by atoms with E-state index in [1.54, 1.807) is 11.0 Å². The zero-order chi connectivity index (χ0) is 26.5. The van der Waals surface area contributed by atoms with Crippen LogP contribution in [0.15, 0.2) is 48.0 Å². The van der Waals surface area contributed by atoms with Crippen LogP contribution in [0, 0.1) is 6.92 Å². The van der Waals surface area contributed by atoms with Crippen molar-refractivity contribution in [1.29, 1.82) is 0 Å². The highest BCUT2D eigenvalue weighted by atomic mass is 16.5. The minimum atomic E-state index is 0.0705. The molecule has 200 valence electrons. The number of carbonyl (C=O) groups is 1. The number of amides is 1. The van der Waals surface area contributed by atoms with Gasteiger partial charge in [-0.15, -0.1) is 0 Å². The second-order valence-electron chi connectivity index (χ2n) is 9.93. The van der Waals surface area contributed by atoms with E-state index in [9.17, 15) is 4.79 Å². The Kier molecular flexibility index (Phi) is 7.86. The van der Waals surface area contributed by atoms with Gasteiger partial charge in [-0.2, -0.15) is 5.10 Å². The van der Waals surface area contributed by atoms with Crippen molar-refractivity contribution in [1.82, 2.24) is 24.6 Å². The lowest BCUT2D eigenvalue weighted by Gasteiger charge is -2.37. The molecule has 0 bridgehead atoms. The Morgan fingerprint density at radius 3 is 2.53 bits per heavy atom. The summed E-state index contributed by atoms with van der Waals surface area (Å²) < 4.78 is 7.65. The molecule has 0 saturated carbocycles. The second kappa shape index (κ2) is 11.6. The Bertz CT molecular complexity index is 1290. The van der Waals surface area contributed by atoms with Crippen molar-refractivity contribution in [2.24, 2.45) is 12.0 Å². The number of rotatable bonds is 7. The number of hydrogen-bond donors (Lipinski definition) is 0. The van der Waals surface area contributed by atoms with Gasteiger partial charge in [0.05, 0.1) is 11.9 Å². The zero-order valence-corrected chi connectivity index (χ0v) is 22.5. The quantitative estimate of drug-likeness (QED) is 0.445. The summed E-state index contributed by atoms with van der Waals surface area (Å²) in [5, 5.41) is 4.26. The highest BCUT2D eigenvalue weighted by Crippen LogP contribution is 2.31. The first-order valence-electron chi connectivity index (χ1n) is 13.3. The zero-order valence-electron chi connectivity index (χ0n) is 22.5. The molecule has 4 heterocycles. The van der Waals surface area contributed by atoms with Crippen LogP contribution in [0.2, 0.25) is 0 Å². The van der Waals surface area contributed by atoms with Gasteiger partial charge in [0, 0.05) is 75.5 Å². The lowest BCUT2D eigenvalue weighted by atomic mass is 10.1. The summed E-state index contributed by atoms with van der Waals surface area (Å²) in [5.74, 6) is 1.65. The van der Waals surface area contributed by atoms with Crippen LogP contribution < -0.4 is 14.5 Å². The lowest BCUT2D eigenvalue weighted by molar-refractivity contribution is -0.134. The molecular formula is C28H36N8O2. The fourth-order valence-corrected chi connectivity index (χ4v) is 4.98. The van der Waals surface area contributed by atoms with Crippen LogP contribution >= 0.6 is 0 Å². The highest BCUT2D eigenvalue weighted by molar-refractivity contribution is 6.00. The van der Waals surface area contributed by atoms with E-state index in [-0.39, 0.29) is 12.5 Å². The van der Waals surface area contributed by atoms with Crippen LogP contribution in [0.25, 0.3) is 0 Å². The smallest absolute Gasteiger partial charge is 0.260 e. The minimum absolute atomic E-state index is 0.0705. The van der Waals surface area contributed by atoms with Gasteiger partial charge in [-0.25, -0.2) is 15.0 Å². The molecule has 0 N–H and O–H groups in total. The van der Waals surface area contributed by atoms with Gasteiger partial charge < -0.3 is 19.4 Å². The van der Waals surface area contributed by atoms with Gasteiger partial charge in [-0.3, -0.25) is 9.48 Å². The maximum Gasteiger partial charge on any atom is 0.260 e. The number of aryl methyl sites for hydroxylation is 2. The third kappa shape index (κ3) is 5.95. The summed E-state index contributed by atoms with van der Waals surface area (Å²) in [6, 6.07) is 8.03. The van der Waals surface area contributed by atoms with Gasteiger partial charge in [-0.05, 0) is 45.2 Å². The van der Waals surface area contributed by atoms with Crippen LogP contribution in [0.5, 0.6) is 5.75 Å². The molecule has 2 saturated heterocycles. The fraction of sp³-hybridized carbons (Fsp3) is 0.464. The van der Waals surface area contributed by atoms with Crippen LogP contribution in [-0.4, -0.2) is 82.1 Å². The number of likely N-dealkylation sites (tertiary alicyclic amines) is 1. The molecule has 1 aromatic carbocycles. The van der Waals surface area contributed by atoms with E-state index >= 15 is 0 Å². The lowest BCUT2D eigenvalue weighted by Crippen LogP contribution is -2.47. The number of piperidine rings is 1. The standard InChI is InChI=1S/C28H36N8O2/c1-21(23-17-31-33(3)18-23)32-27-22(2)29-20-30-28(27)36-14-12-34(13-15-36)24-8-7-9-25(16-24)38-19-26(37)35-10-5-4-6-11-35/h7-9,16-18,20H,4-6,10-15,19H2,1-3H3/b32-21+. The van der Waals surface area contributed by atoms with Gasteiger partial charge in [0.2, 0.25) is 0 Å². The fourth-order valence-electron chi connectivity index (χ4n) is 4.98. The van der Waals surface area contributed by atoms with E-state index in [1.807, 2.05) is 56.4 Å². The first kappa shape index (κ1) is 25.7. The summed E-state index contributed by atoms with van der Waals surface area (Å²) in [6.07, 6.45) is 8.76. The number of anilines is 2. The molecule has 5 rings (SSSR count). The average Bonchev–Trinajstić information content (AvgIpc) is 3.40. The molecule has 2 aliphatic rings. The van der Waals surface area contributed by atoms with Crippen LogP contribution in [0.1, 0.15) is 37.4 Å². The van der Waals surface area contributed by atoms with Crippen molar-refractivity contribution in [2.75, 3.05) is 55.7 Å². The maximum atomic E-state index is 12.5. The Labute approximate surface area is 224 Å². The molecule has 2 aliphatic heterocycles. The van der Waals surface area contributed by atoms with E-state index in [0.717, 1.165) is 92.0 Å². The molecule has 3 aromatic rings. The molecule has 1 amide bonds. The predicted molar refractivity (Wildman–Crippen MR) is 149 cm³/mol. The summed E-state index contributed by atoms with van der Waals surface area (Å²) in [5.41, 5.74) is 4.61. The van der Waals surface area contributed by atoms with E-state index in [2.05, 4.69) is 30.9 Å². The van der Waals surface area contributed by atoms with Gasteiger partial charge in [0.25, 0.3) is 5.91 Å². The van der Waals surface area contributed by atoms with Crippen molar-refractivity contribution in [2.45, 2.75) is 33.1 Å². The van der Waals surface area contributed by atoms with E-state index < -0.39 is 0 Å². The third-order valence-electron chi connectivity index (χ3n) is 7.22. The molecule has 0 unspecified atom stereocenters. The molecule has 2 aromatic heterocycles. The average molecular weight is 517 g/mol. The van der Waals surface area contributed by atoms with E-state index in [1.165, 1.54) is 6.42 Å². The van der Waals surface area contributed by atoms with Gasteiger partial charge >= 0.3 is 0 Å². The number of hydrogen-bond acceptors (Lipinski definition) is 8. The highest BCUT2D eigenvalue weighted by Gasteiger charge is 2.23. The summed E-state index contributed by atoms with van der Waals surface area (Å²) in [4.78, 5) is 33.0. The third-order valence-corrected chi connectivity index (χ3v) is 7.22. The number of nitrogens with zero attached hydrogens (tertiary/aromatic N) is 8. The van der Waals surface area contributed by atoms with E-state index in [4.69, 9.17) is 9.73 Å². The number of carbonyl (C=O) groups excluding carboxylic acids is 1. The molecule has 10 nitrogen and oxygen atoms in total. The number of benzene rings is 1. The maximum absolute atomic E-state index is 12.5. The monoisotopic (exact) mass is 516 g/mol. The SMILES string of the molecule is C/C(=N\c1c(C)ncnc1N1CCN(c2cccc(OCC(=O)N3CCCCC3)c2)CC1)c1cnn(C)c1. The van der Waals surface area contributed by atoms with Crippen molar-refractivity contribution in [3.05, 3.63) is 54.2 Å². The number of aliphatic imine (C=N–C) groups is 1. The molecule has 10 heteroatoms. The number of piperazine rings is 1. The molecule has 0 radical (unpaired) electrons. The number of aromatic nitrogens is 4. The Morgan fingerprint density at radius 2 is 1.79 bits per heavy atom. The van der Waals surface area contributed by atoms with Crippen molar-refractivity contribution >= 4 is 28.8 Å². The topological polar surface area (TPSA) is 92.0 Å². The summed E-state index contributed by atoms with van der Waals surface area (Å²) in [7, 11) is 1.90. The van der Waals surface area contributed by atoms with Gasteiger partial charge in [0.1, 0.15) is 17.8 Å². The molecule has 2 fully saturated rings. The normalized spacial score (nSPS) is 16.6. The second-order valence-corrected chi connectivity index (χ2v) is 9.93. The van der Waals surface area contributed by atoms with Crippen molar-refractivity contribution in [3.63, 3.8) is 0 Å². The van der Waals surface area contributed by atoms with Crippen LogP contribution in [0.4, 0.5) is 17.2 Å². The van der Waals surface area contributed by atoms with E-state index in [0.29, 0.717) is 0 Å². The Balaban J connectivity index is 1.23. The van der Waals surface area contributed by atoms with Crippen LogP contribution in [0.3, 0.4) is 0 Å². The summed E-state index contributed by atoms with van der Waals surface area (Å²) >= 11 is 0. The predicted octanol–water partition coefficient (Wildman–Crippen LogP) is 3.38. The molecule has 0 spiro atoms. The van der Waals surface area contributed by atoms with Gasteiger partial charge in [-0.1, -0.05) is 6.07 Å². The van der Waals surface area contributed by atoms with Crippen molar-refractivity contribution < 1.29 is 9.53 Å². The first-order valence-corrected chi connectivity index (χ1v) is 13.3. The molecule has 38 heavy (non-hydrogen) atoms. The molecule has 0 atom stereocenters. The van der Waals surface area contributed by atoms with Crippen LogP contribution in [-0.2, 0) is 11.8 Å². The Hall–Kier alpha value is -3.95. The number of ether oxygens (including phenoxy) is 1.